The number of benzene rings is 3. The molecule has 5 aromatic rings. The van der Waals surface area contributed by atoms with E-state index in [1.165, 1.54) is 0 Å². The second-order valence-electron chi connectivity index (χ2n) is 15.3. The van der Waals surface area contributed by atoms with E-state index in [1.807, 2.05) is 105 Å². The van der Waals surface area contributed by atoms with Crippen molar-refractivity contribution in [2.45, 2.75) is 71.4 Å². The van der Waals surface area contributed by atoms with Crippen LogP contribution in [0.3, 0.4) is 0 Å². The van der Waals surface area contributed by atoms with Crippen LogP contribution in [0.1, 0.15) is 57.6 Å². The molecule has 10 heteroatoms. The molecule has 0 aliphatic carbocycles. The largest absolute Gasteiger partial charge is 0.473 e. The summed E-state index contributed by atoms with van der Waals surface area (Å²) in [5.41, 5.74) is 5.25. The fraction of sp³-hybridized carbons (Fsp3) is 0.419. The lowest BCUT2D eigenvalue weighted by molar-refractivity contribution is 0.0104. The summed E-state index contributed by atoms with van der Waals surface area (Å²) in [7, 11) is 1.96. The monoisotopic (exact) mass is 719 g/mol. The van der Waals surface area contributed by atoms with Gasteiger partial charge in [0.1, 0.15) is 30.7 Å². The van der Waals surface area contributed by atoms with Crippen molar-refractivity contribution in [3.63, 3.8) is 0 Å². The highest BCUT2D eigenvalue weighted by molar-refractivity contribution is 5.96. The van der Waals surface area contributed by atoms with Crippen LogP contribution >= 0.6 is 0 Å². The smallest absolute Gasteiger partial charge is 0.410 e. The summed E-state index contributed by atoms with van der Waals surface area (Å²) in [6, 6.07) is 30.3. The Balaban J connectivity index is 1.03. The molecule has 0 bridgehead atoms. The van der Waals surface area contributed by atoms with E-state index in [1.54, 1.807) is 4.90 Å². The lowest BCUT2D eigenvalue weighted by Gasteiger charge is -2.39. The second-order valence-corrected chi connectivity index (χ2v) is 15.3. The van der Waals surface area contributed by atoms with E-state index in [0.29, 0.717) is 50.9 Å². The third-order valence-electron chi connectivity index (χ3n) is 10.4. The van der Waals surface area contributed by atoms with Gasteiger partial charge in [-0.1, -0.05) is 60.7 Å². The van der Waals surface area contributed by atoms with E-state index in [2.05, 4.69) is 23.1 Å². The molecule has 278 valence electrons. The highest BCUT2D eigenvalue weighted by Gasteiger charge is 2.36. The first-order valence-electron chi connectivity index (χ1n) is 18.8. The number of hydrogen-bond donors (Lipinski definition) is 0. The van der Waals surface area contributed by atoms with Gasteiger partial charge in [-0.05, 0) is 93.7 Å². The maximum absolute atomic E-state index is 15.9. The van der Waals surface area contributed by atoms with Crippen LogP contribution in [0, 0.1) is 11.8 Å². The predicted molar refractivity (Wildman–Crippen MR) is 206 cm³/mol. The molecule has 2 aliphatic heterocycles. The normalized spacial score (nSPS) is 16.5. The molecular formula is C43H50FN5O4. The molecule has 2 aliphatic rings. The molecule has 53 heavy (non-hydrogen) atoms. The minimum absolute atomic E-state index is 0.0185. The molecular weight excluding hydrogens is 670 g/mol. The highest BCUT2D eigenvalue weighted by atomic mass is 19.1. The van der Waals surface area contributed by atoms with Crippen molar-refractivity contribution in [1.82, 2.24) is 19.7 Å². The summed E-state index contributed by atoms with van der Waals surface area (Å²) in [6.45, 7) is 9.06. The first-order valence-corrected chi connectivity index (χ1v) is 18.8. The van der Waals surface area contributed by atoms with Gasteiger partial charge in [-0.2, -0.15) is 10.1 Å². The number of rotatable bonds is 10. The van der Waals surface area contributed by atoms with Gasteiger partial charge in [-0.25, -0.2) is 9.18 Å². The van der Waals surface area contributed by atoms with Gasteiger partial charge < -0.3 is 24.0 Å². The topological polar surface area (TPSA) is 82.0 Å². The Bertz CT molecular complexity index is 1980. The standard InChI is InChI=1S/C43H50FN5O4/c1-43(2,3)53-42(50)49-25-21-33(22-26-49)39(44)32-19-23-48(24-20-32)34-15-16-35-37(27-34)47(4)46-40(35)36-17-18-38(51-28-30-11-7-5-8-12-30)45-41(36)52-29-31-13-9-6-10-14-31/h5-18,27,32-33,39H,19-26,28-29H2,1-4H3. The first-order chi connectivity index (χ1) is 25.6. The molecule has 0 saturated carbocycles. The van der Waals surface area contributed by atoms with Crippen LogP contribution in [0.5, 0.6) is 11.8 Å². The van der Waals surface area contributed by atoms with Crippen molar-refractivity contribution < 1.29 is 23.4 Å². The number of piperidine rings is 2. The summed E-state index contributed by atoms with van der Waals surface area (Å²) in [6.07, 6.45) is 1.80. The van der Waals surface area contributed by atoms with Gasteiger partial charge in [0.05, 0.1) is 11.1 Å². The summed E-state index contributed by atoms with van der Waals surface area (Å²) < 4.78 is 35.7. The van der Waals surface area contributed by atoms with Crippen LogP contribution in [0.15, 0.2) is 91.0 Å². The number of fused-ring (bicyclic) bond motifs is 1. The summed E-state index contributed by atoms with van der Waals surface area (Å²) in [5, 5.41) is 5.96. The third-order valence-corrected chi connectivity index (χ3v) is 10.4. The number of ether oxygens (including phenoxy) is 3. The van der Waals surface area contributed by atoms with Crippen LogP contribution in [-0.2, 0) is 25.0 Å². The van der Waals surface area contributed by atoms with Gasteiger partial charge in [0.15, 0.2) is 0 Å². The third kappa shape index (κ3) is 8.75. The zero-order chi connectivity index (χ0) is 37.0. The lowest BCUT2D eigenvalue weighted by atomic mass is 9.81. The van der Waals surface area contributed by atoms with Gasteiger partial charge in [-0.3, -0.25) is 4.68 Å². The zero-order valence-electron chi connectivity index (χ0n) is 31.2. The number of hydrogen-bond acceptors (Lipinski definition) is 7. The fourth-order valence-corrected chi connectivity index (χ4v) is 7.48. The fourth-order valence-electron chi connectivity index (χ4n) is 7.48. The van der Waals surface area contributed by atoms with E-state index < -0.39 is 11.8 Å². The highest BCUT2D eigenvalue weighted by Crippen LogP contribution is 2.38. The zero-order valence-corrected chi connectivity index (χ0v) is 31.2. The number of anilines is 1. The van der Waals surface area contributed by atoms with E-state index in [0.717, 1.165) is 64.9 Å². The number of amides is 1. The molecule has 1 atom stereocenters. The lowest BCUT2D eigenvalue weighted by Crippen LogP contribution is -2.45. The van der Waals surface area contributed by atoms with Crippen molar-refractivity contribution in [2.75, 3.05) is 31.1 Å². The Hall–Kier alpha value is -5.12. The Morgan fingerprint density at radius 1 is 0.811 bits per heavy atom. The summed E-state index contributed by atoms with van der Waals surface area (Å²) >= 11 is 0. The average Bonchev–Trinajstić information content (AvgIpc) is 3.51. The van der Waals surface area contributed by atoms with Gasteiger partial charge in [0, 0.05) is 50.4 Å². The second kappa shape index (κ2) is 15.9. The number of pyridine rings is 1. The van der Waals surface area contributed by atoms with Gasteiger partial charge >= 0.3 is 6.09 Å². The van der Waals surface area contributed by atoms with Crippen LogP contribution in [0.2, 0.25) is 0 Å². The number of nitrogens with zero attached hydrogens (tertiary/aromatic N) is 5. The summed E-state index contributed by atoms with van der Waals surface area (Å²) in [4.78, 5) is 21.4. The van der Waals surface area contributed by atoms with Crippen LogP contribution in [0.25, 0.3) is 22.2 Å². The number of aryl methyl sites for hydroxylation is 1. The molecule has 9 nitrogen and oxygen atoms in total. The van der Waals surface area contributed by atoms with Gasteiger partial charge in [0.2, 0.25) is 11.8 Å². The molecule has 7 rings (SSSR count). The number of carbonyl (C=O) groups excluding carboxylic acids is 1. The number of aromatic nitrogens is 3. The van der Waals surface area contributed by atoms with Crippen LogP contribution < -0.4 is 14.4 Å². The molecule has 0 radical (unpaired) electrons. The molecule has 2 fully saturated rings. The molecule has 1 amide bonds. The minimum atomic E-state index is -0.859. The van der Waals surface area contributed by atoms with Gasteiger partial charge in [-0.15, -0.1) is 0 Å². The van der Waals surface area contributed by atoms with Crippen LogP contribution in [0.4, 0.5) is 14.9 Å². The Morgan fingerprint density at radius 3 is 2.04 bits per heavy atom. The molecule has 2 saturated heterocycles. The number of halogens is 1. The first kappa shape index (κ1) is 36.2. The minimum Gasteiger partial charge on any atom is -0.473 e. The van der Waals surface area contributed by atoms with E-state index in [4.69, 9.17) is 24.3 Å². The number of alkyl halides is 1. The average molecular weight is 720 g/mol. The van der Waals surface area contributed by atoms with Crippen molar-refractivity contribution >= 4 is 22.7 Å². The molecule has 0 spiro atoms. The molecule has 4 heterocycles. The maximum atomic E-state index is 15.9. The Labute approximate surface area is 311 Å². The quantitative estimate of drug-likeness (QED) is 0.143. The van der Waals surface area contributed by atoms with Crippen LogP contribution in [-0.4, -0.2) is 63.7 Å². The molecule has 0 N–H and O–H groups in total. The van der Waals surface area contributed by atoms with E-state index >= 15 is 4.39 Å². The predicted octanol–water partition coefficient (Wildman–Crippen LogP) is 8.99. The van der Waals surface area contributed by atoms with Crippen molar-refractivity contribution in [1.29, 1.82) is 0 Å². The summed E-state index contributed by atoms with van der Waals surface area (Å²) in [5.74, 6) is 0.947. The van der Waals surface area contributed by atoms with Gasteiger partial charge in [0.25, 0.3) is 0 Å². The Kier molecular flexibility index (Phi) is 10.8. The van der Waals surface area contributed by atoms with Crippen molar-refractivity contribution in [3.8, 4) is 23.0 Å². The van der Waals surface area contributed by atoms with E-state index in [9.17, 15) is 4.79 Å². The Morgan fingerprint density at radius 2 is 1.42 bits per heavy atom. The molecule has 1 unspecified atom stereocenters. The molecule has 3 aromatic carbocycles. The molecule has 2 aromatic heterocycles. The van der Waals surface area contributed by atoms with E-state index in [-0.39, 0.29) is 17.9 Å². The van der Waals surface area contributed by atoms with Crippen molar-refractivity contribution in [2.24, 2.45) is 18.9 Å². The SMILES string of the molecule is Cn1nc(-c2ccc(OCc3ccccc3)nc2OCc2ccccc2)c2ccc(N3CCC(C(F)C4CCN(C(=O)OC(C)(C)C)CC4)CC3)cc21. The maximum Gasteiger partial charge on any atom is 0.410 e. The number of likely N-dealkylation sites (tertiary alicyclic amines) is 1. The van der Waals surface area contributed by atoms with Crippen molar-refractivity contribution in [3.05, 3.63) is 102 Å². The number of carbonyl (C=O) groups is 1.